The predicted octanol–water partition coefficient (Wildman–Crippen LogP) is 12.3. The summed E-state index contributed by atoms with van der Waals surface area (Å²) in [6.07, 6.45) is 0. The molecular weight excluding hydrogens is 611 g/mol. The molecule has 3 nitrogen and oxygen atoms in total. The van der Waals surface area contributed by atoms with E-state index in [2.05, 4.69) is 164 Å². The van der Waals surface area contributed by atoms with Crippen molar-refractivity contribution in [1.29, 1.82) is 0 Å². The maximum Gasteiger partial charge on any atom is 0.118 e. The highest BCUT2D eigenvalue weighted by atomic mass is 16.5. The SMILES string of the molecule is COc1ccc(C(c2ccc(OC)cc2)c2ccc(-c3ccc(N(c4ccc(-c5ccccc5)cc4)c4ccc(C)c(C)c4)cc3)cc2)cc1. The fraction of sp³-hybridized carbons (Fsp3) is 0.106. The van der Waals surface area contributed by atoms with E-state index in [1.54, 1.807) is 14.2 Å². The first kappa shape index (κ1) is 32.5. The summed E-state index contributed by atoms with van der Waals surface area (Å²) in [5, 5.41) is 0. The molecule has 7 rings (SSSR count). The number of aryl methyl sites for hydroxylation is 2. The van der Waals surface area contributed by atoms with Gasteiger partial charge in [0.15, 0.2) is 0 Å². The highest BCUT2D eigenvalue weighted by Crippen LogP contribution is 2.39. The van der Waals surface area contributed by atoms with Crippen molar-refractivity contribution in [2.24, 2.45) is 0 Å². The van der Waals surface area contributed by atoms with Gasteiger partial charge in [-0.05, 0) is 125 Å². The molecule has 0 saturated heterocycles. The molecule has 0 radical (unpaired) electrons. The Morgan fingerprint density at radius 2 is 0.760 bits per heavy atom. The number of hydrogen-bond donors (Lipinski definition) is 0. The normalized spacial score (nSPS) is 11.0. The maximum absolute atomic E-state index is 5.44. The minimum atomic E-state index is 0.0723. The summed E-state index contributed by atoms with van der Waals surface area (Å²) in [6, 6.07) is 60.6. The van der Waals surface area contributed by atoms with Crippen LogP contribution >= 0.6 is 0 Å². The second-order valence-corrected chi connectivity index (χ2v) is 12.7. The van der Waals surface area contributed by atoms with Gasteiger partial charge in [0, 0.05) is 23.0 Å². The number of anilines is 3. The Labute approximate surface area is 296 Å². The lowest BCUT2D eigenvalue weighted by molar-refractivity contribution is 0.414. The summed E-state index contributed by atoms with van der Waals surface area (Å²) in [4.78, 5) is 2.34. The van der Waals surface area contributed by atoms with Crippen molar-refractivity contribution < 1.29 is 9.47 Å². The van der Waals surface area contributed by atoms with Crippen LogP contribution in [0.5, 0.6) is 11.5 Å². The number of hydrogen-bond acceptors (Lipinski definition) is 3. The van der Waals surface area contributed by atoms with E-state index in [9.17, 15) is 0 Å². The number of ether oxygens (including phenoxy) is 2. The molecule has 0 atom stereocenters. The number of methoxy groups -OCH3 is 2. The van der Waals surface area contributed by atoms with Gasteiger partial charge in [-0.25, -0.2) is 0 Å². The van der Waals surface area contributed by atoms with Crippen molar-refractivity contribution in [3.8, 4) is 33.8 Å². The van der Waals surface area contributed by atoms with Crippen molar-refractivity contribution in [2.75, 3.05) is 19.1 Å². The van der Waals surface area contributed by atoms with Crippen LogP contribution in [0.3, 0.4) is 0 Å². The van der Waals surface area contributed by atoms with Crippen LogP contribution in [0.1, 0.15) is 33.7 Å². The van der Waals surface area contributed by atoms with Gasteiger partial charge in [0.25, 0.3) is 0 Å². The summed E-state index contributed by atoms with van der Waals surface area (Å²) in [5.41, 5.74) is 14.3. The van der Waals surface area contributed by atoms with Crippen molar-refractivity contribution in [3.63, 3.8) is 0 Å². The largest absolute Gasteiger partial charge is 0.497 e. The molecule has 7 aromatic rings. The third-order valence-corrected chi connectivity index (χ3v) is 9.58. The topological polar surface area (TPSA) is 21.7 Å². The maximum atomic E-state index is 5.44. The second-order valence-electron chi connectivity index (χ2n) is 12.7. The van der Waals surface area contributed by atoms with Crippen LogP contribution in [-0.4, -0.2) is 14.2 Å². The molecule has 0 amide bonds. The van der Waals surface area contributed by atoms with Gasteiger partial charge in [-0.15, -0.1) is 0 Å². The number of nitrogens with zero attached hydrogens (tertiary/aromatic N) is 1. The minimum Gasteiger partial charge on any atom is -0.497 e. The molecule has 0 aliphatic rings. The van der Waals surface area contributed by atoms with Gasteiger partial charge in [-0.1, -0.05) is 109 Å². The van der Waals surface area contributed by atoms with E-state index < -0.39 is 0 Å². The third-order valence-electron chi connectivity index (χ3n) is 9.58. The van der Waals surface area contributed by atoms with Crippen molar-refractivity contribution >= 4 is 17.1 Å². The Balaban J connectivity index is 1.20. The molecule has 50 heavy (non-hydrogen) atoms. The molecule has 0 N–H and O–H groups in total. The molecule has 7 aromatic carbocycles. The molecule has 0 aliphatic heterocycles. The molecule has 0 fully saturated rings. The molecule has 0 bridgehead atoms. The van der Waals surface area contributed by atoms with E-state index in [-0.39, 0.29) is 5.92 Å². The van der Waals surface area contributed by atoms with Gasteiger partial charge >= 0.3 is 0 Å². The van der Waals surface area contributed by atoms with E-state index >= 15 is 0 Å². The molecule has 0 unspecified atom stereocenters. The quantitative estimate of drug-likeness (QED) is 0.137. The Kier molecular flexibility index (Phi) is 9.48. The van der Waals surface area contributed by atoms with Crippen LogP contribution in [0.15, 0.2) is 170 Å². The van der Waals surface area contributed by atoms with Crippen LogP contribution in [0.25, 0.3) is 22.3 Å². The summed E-state index contributed by atoms with van der Waals surface area (Å²) in [6.45, 7) is 4.34. The summed E-state index contributed by atoms with van der Waals surface area (Å²) >= 11 is 0. The highest BCUT2D eigenvalue weighted by molar-refractivity contribution is 5.80. The van der Waals surface area contributed by atoms with E-state index in [1.165, 1.54) is 50.1 Å². The van der Waals surface area contributed by atoms with Gasteiger partial charge < -0.3 is 14.4 Å². The highest BCUT2D eigenvalue weighted by Gasteiger charge is 2.18. The lowest BCUT2D eigenvalue weighted by Crippen LogP contribution is -2.10. The van der Waals surface area contributed by atoms with Gasteiger partial charge in [-0.3, -0.25) is 0 Å². The average Bonchev–Trinajstić information content (AvgIpc) is 3.18. The standard InChI is InChI=1S/C47H41NO2/c1-33-10-23-44(32-34(33)2)48(42-24-15-37(16-25-42)35-8-6-5-7-9-35)43-26-17-38(18-27-43)36-11-13-39(14-12-36)47(40-19-28-45(49-3)29-20-40)41-21-30-46(50-4)31-22-41/h5-32,47H,1-4H3. The first-order chi connectivity index (χ1) is 24.5. The molecule has 0 saturated carbocycles. The fourth-order valence-electron chi connectivity index (χ4n) is 6.59. The molecule has 0 aliphatic carbocycles. The molecule has 0 aromatic heterocycles. The van der Waals surface area contributed by atoms with Gasteiger partial charge in [0.05, 0.1) is 14.2 Å². The first-order valence-corrected chi connectivity index (χ1v) is 17.0. The summed E-state index contributed by atoms with van der Waals surface area (Å²) < 4.78 is 10.9. The Morgan fingerprint density at radius 1 is 0.380 bits per heavy atom. The van der Waals surface area contributed by atoms with Crippen LogP contribution in [0, 0.1) is 13.8 Å². The molecule has 3 heteroatoms. The van der Waals surface area contributed by atoms with E-state index in [0.29, 0.717) is 0 Å². The van der Waals surface area contributed by atoms with Gasteiger partial charge in [0.2, 0.25) is 0 Å². The fourth-order valence-corrected chi connectivity index (χ4v) is 6.59. The van der Waals surface area contributed by atoms with Crippen LogP contribution in [-0.2, 0) is 0 Å². The smallest absolute Gasteiger partial charge is 0.118 e. The lowest BCUT2D eigenvalue weighted by Gasteiger charge is -2.26. The van der Waals surface area contributed by atoms with Gasteiger partial charge in [-0.2, -0.15) is 0 Å². The van der Waals surface area contributed by atoms with E-state index in [1.807, 2.05) is 24.3 Å². The van der Waals surface area contributed by atoms with Crippen molar-refractivity contribution in [3.05, 3.63) is 198 Å². The Hall–Kier alpha value is -6.06. The zero-order valence-corrected chi connectivity index (χ0v) is 29.0. The second kappa shape index (κ2) is 14.6. The van der Waals surface area contributed by atoms with Crippen LogP contribution < -0.4 is 14.4 Å². The first-order valence-electron chi connectivity index (χ1n) is 17.0. The Morgan fingerprint density at radius 3 is 1.18 bits per heavy atom. The van der Waals surface area contributed by atoms with Gasteiger partial charge in [0.1, 0.15) is 11.5 Å². The third kappa shape index (κ3) is 6.90. The zero-order chi connectivity index (χ0) is 34.5. The molecular formula is C47H41NO2. The zero-order valence-electron chi connectivity index (χ0n) is 29.0. The molecule has 0 spiro atoms. The predicted molar refractivity (Wildman–Crippen MR) is 208 cm³/mol. The van der Waals surface area contributed by atoms with E-state index in [4.69, 9.17) is 9.47 Å². The van der Waals surface area contributed by atoms with Crippen LogP contribution in [0.2, 0.25) is 0 Å². The average molecular weight is 652 g/mol. The van der Waals surface area contributed by atoms with Crippen molar-refractivity contribution in [2.45, 2.75) is 19.8 Å². The number of rotatable bonds is 10. The summed E-state index contributed by atoms with van der Waals surface area (Å²) in [5.74, 6) is 1.77. The monoisotopic (exact) mass is 651 g/mol. The molecule has 0 heterocycles. The number of benzene rings is 7. The molecule has 246 valence electrons. The van der Waals surface area contributed by atoms with E-state index in [0.717, 1.165) is 28.6 Å². The Bertz CT molecular complexity index is 2110. The lowest BCUT2D eigenvalue weighted by atomic mass is 9.84. The van der Waals surface area contributed by atoms with Crippen LogP contribution in [0.4, 0.5) is 17.1 Å². The van der Waals surface area contributed by atoms with Crippen molar-refractivity contribution in [1.82, 2.24) is 0 Å². The summed E-state index contributed by atoms with van der Waals surface area (Å²) in [7, 11) is 3.40. The minimum absolute atomic E-state index is 0.0723.